The molecule has 0 saturated carbocycles. The van der Waals surface area contributed by atoms with Crippen LogP contribution in [-0.4, -0.2) is 58.4 Å². The maximum atomic E-state index is 11.7. The quantitative estimate of drug-likeness (QED) is 0.334. The smallest absolute Gasteiger partial charge is 0.247 e. The van der Waals surface area contributed by atoms with Crippen LogP contribution < -0.4 is 15.4 Å². The Morgan fingerprint density at radius 1 is 1.24 bits per heavy atom. The Hall–Kier alpha value is -3.95. The second-order valence-corrected chi connectivity index (χ2v) is 8.59. The number of hydrogen-bond donors (Lipinski definition) is 2. The van der Waals surface area contributed by atoms with Crippen molar-refractivity contribution < 1.29 is 14.3 Å². The van der Waals surface area contributed by atoms with Crippen molar-refractivity contribution in [3.8, 4) is 11.5 Å². The molecule has 2 aromatic heterocycles. The highest BCUT2D eigenvalue weighted by atomic mass is 16.5. The molecule has 3 heterocycles. The van der Waals surface area contributed by atoms with E-state index in [1.165, 1.54) is 6.08 Å². The predicted molar refractivity (Wildman–Crippen MR) is 146 cm³/mol. The first kappa shape index (κ1) is 26.1. The summed E-state index contributed by atoms with van der Waals surface area (Å²) in [6.07, 6.45) is 9.66. The lowest BCUT2D eigenvalue weighted by molar-refractivity contribution is -0.111. The Morgan fingerprint density at radius 2 is 2.11 bits per heavy atom. The molecule has 0 aliphatic carbocycles. The van der Waals surface area contributed by atoms with E-state index in [0.29, 0.717) is 36.2 Å². The Morgan fingerprint density at radius 3 is 2.86 bits per heavy atom. The highest BCUT2D eigenvalue weighted by Gasteiger charge is 2.15. The number of benzene rings is 1. The molecule has 1 aliphatic rings. The van der Waals surface area contributed by atoms with Gasteiger partial charge in [-0.05, 0) is 43.3 Å². The van der Waals surface area contributed by atoms with Gasteiger partial charge in [0.2, 0.25) is 5.91 Å². The molecule has 0 radical (unpaired) electrons. The van der Waals surface area contributed by atoms with E-state index in [0.717, 1.165) is 49.4 Å². The third-order valence-electron chi connectivity index (χ3n) is 6.14. The summed E-state index contributed by atoms with van der Waals surface area (Å²) in [4.78, 5) is 18.7. The Bertz CT molecular complexity index is 1250. The van der Waals surface area contributed by atoms with Gasteiger partial charge in [-0.25, -0.2) is 4.98 Å². The first-order valence-corrected chi connectivity index (χ1v) is 12.6. The highest BCUT2D eigenvalue weighted by molar-refractivity contribution is 5.98. The minimum atomic E-state index is -0.279. The van der Waals surface area contributed by atoms with Crippen LogP contribution in [0, 0.1) is 0 Å². The Balaban J connectivity index is 1.55. The summed E-state index contributed by atoms with van der Waals surface area (Å²) in [5.74, 6) is 1.62. The van der Waals surface area contributed by atoms with E-state index in [1.807, 2.05) is 35.3 Å². The average molecular weight is 503 g/mol. The van der Waals surface area contributed by atoms with Crippen LogP contribution in [0.2, 0.25) is 0 Å². The number of rotatable bonds is 12. The summed E-state index contributed by atoms with van der Waals surface area (Å²) in [7, 11) is 0. The molecule has 37 heavy (non-hydrogen) atoms. The average Bonchev–Trinajstić information content (AvgIpc) is 3.37. The van der Waals surface area contributed by atoms with Gasteiger partial charge in [0.25, 0.3) is 0 Å². The van der Waals surface area contributed by atoms with E-state index in [-0.39, 0.29) is 5.91 Å². The van der Waals surface area contributed by atoms with E-state index >= 15 is 0 Å². The van der Waals surface area contributed by atoms with Gasteiger partial charge in [-0.15, -0.1) is 0 Å². The minimum absolute atomic E-state index is 0.279. The molecule has 4 rings (SSSR count). The second kappa shape index (κ2) is 12.8. The number of carbonyl (C=O) groups excluding carboxylic acids is 1. The summed E-state index contributed by atoms with van der Waals surface area (Å²) in [6, 6.07) is 9.13. The zero-order valence-electron chi connectivity index (χ0n) is 21.4. The normalized spacial score (nSPS) is 13.2. The molecule has 0 fully saturated rings. The lowest BCUT2D eigenvalue weighted by Gasteiger charge is -2.18. The van der Waals surface area contributed by atoms with Gasteiger partial charge in [0.05, 0.1) is 31.6 Å². The first-order valence-electron chi connectivity index (χ1n) is 12.6. The van der Waals surface area contributed by atoms with Crippen molar-refractivity contribution in [2.45, 2.75) is 26.8 Å². The SMILES string of the molecule is C=CC(=O)Nc1cccc(Oc2cc(Nc3cnn(CCN(CC)CC)c3)ncc2C2=CCOCC2)c1. The van der Waals surface area contributed by atoms with Gasteiger partial charge < -0.3 is 25.0 Å². The first-order chi connectivity index (χ1) is 18.1. The number of nitrogens with one attached hydrogen (secondary N) is 2. The van der Waals surface area contributed by atoms with Gasteiger partial charge in [0.1, 0.15) is 17.3 Å². The molecule has 9 heteroatoms. The zero-order valence-corrected chi connectivity index (χ0v) is 21.4. The molecule has 0 atom stereocenters. The third kappa shape index (κ3) is 7.28. The third-order valence-corrected chi connectivity index (χ3v) is 6.14. The van der Waals surface area contributed by atoms with E-state index in [1.54, 1.807) is 18.3 Å². The molecular weight excluding hydrogens is 468 g/mol. The maximum Gasteiger partial charge on any atom is 0.247 e. The fourth-order valence-corrected chi connectivity index (χ4v) is 4.04. The lowest BCUT2D eigenvalue weighted by atomic mass is 10.0. The van der Waals surface area contributed by atoms with Gasteiger partial charge >= 0.3 is 0 Å². The van der Waals surface area contributed by atoms with E-state index in [9.17, 15) is 4.79 Å². The van der Waals surface area contributed by atoms with Crippen LogP contribution in [0.15, 0.2) is 67.7 Å². The molecule has 1 aliphatic heterocycles. The molecule has 194 valence electrons. The van der Waals surface area contributed by atoms with Crippen LogP contribution in [0.4, 0.5) is 17.2 Å². The largest absolute Gasteiger partial charge is 0.456 e. The Labute approximate surface area is 217 Å². The number of ether oxygens (including phenoxy) is 2. The number of amides is 1. The second-order valence-electron chi connectivity index (χ2n) is 8.59. The molecule has 0 unspecified atom stereocenters. The number of aromatic nitrogens is 3. The molecule has 0 saturated heterocycles. The maximum absolute atomic E-state index is 11.7. The molecule has 1 aromatic carbocycles. The van der Waals surface area contributed by atoms with Crippen LogP contribution in [0.1, 0.15) is 25.8 Å². The standard InChI is InChI=1S/C28H34N6O3/c1-4-28(35)32-22-8-7-9-24(16-22)37-26-17-27(29-19-25(26)21-10-14-36-15-11-21)31-23-18-30-34(20-23)13-12-33(5-2)6-3/h4,7-10,16-20H,1,5-6,11-15H2,2-3H3,(H,29,31)(H,32,35). The Kier molecular flexibility index (Phi) is 9.07. The van der Waals surface area contributed by atoms with Gasteiger partial charge in [0.15, 0.2) is 0 Å². The molecular formula is C28H34N6O3. The van der Waals surface area contributed by atoms with Gasteiger partial charge in [-0.2, -0.15) is 5.10 Å². The number of anilines is 3. The highest BCUT2D eigenvalue weighted by Crippen LogP contribution is 2.35. The molecule has 9 nitrogen and oxygen atoms in total. The van der Waals surface area contributed by atoms with Crippen molar-refractivity contribution in [2.24, 2.45) is 0 Å². The van der Waals surface area contributed by atoms with Gasteiger partial charge in [-0.3, -0.25) is 9.48 Å². The number of hydrogen-bond acceptors (Lipinski definition) is 7. The molecule has 0 spiro atoms. The van der Waals surface area contributed by atoms with E-state index in [4.69, 9.17) is 9.47 Å². The summed E-state index contributed by atoms with van der Waals surface area (Å²) in [5, 5.41) is 10.6. The predicted octanol–water partition coefficient (Wildman–Crippen LogP) is 5.08. The number of nitrogens with zero attached hydrogens (tertiary/aromatic N) is 4. The van der Waals surface area contributed by atoms with Crippen molar-refractivity contribution >= 4 is 28.7 Å². The summed E-state index contributed by atoms with van der Waals surface area (Å²) in [6.45, 7) is 12.9. The molecule has 3 aromatic rings. The van der Waals surface area contributed by atoms with Crippen molar-refractivity contribution in [1.82, 2.24) is 19.7 Å². The van der Waals surface area contributed by atoms with Crippen molar-refractivity contribution in [3.63, 3.8) is 0 Å². The fourth-order valence-electron chi connectivity index (χ4n) is 4.04. The monoisotopic (exact) mass is 502 g/mol. The van der Waals surface area contributed by atoms with Gasteiger partial charge in [0, 0.05) is 42.3 Å². The van der Waals surface area contributed by atoms with Crippen molar-refractivity contribution in [2.75, 3.05) is 43.5 Å². The molecule has 1 amide bonds. The van der Waals surface area contributed by atoms with Crippen LogP contribution >= 0.6 is 0 Å². The van der Waals surface area contributed by atoms with Crippen LogP contribution in [0.25, 0.3) is 5.57 Å². The zero-order chi connectivity index (χ0) is 26.0. The minimum Gasteiger partial charge on any atom is -0.456 e. The summed E-state index contributed by atoms with van der Waals surface area (Å²) in [5.41, 5.74) is 3.51. The van der Waals surface area contributed by atoms with E-state index in [2.05, 4.69) is 52.1 Å². The van der Waals surface area contributed by atoms with E-state index < -0.39 is 0 Å². The fraction of sp³-hybridized carbons (Fsp3) is 0.321. The lowest BCUT2D eigenvalue weighted by Crippen LogP contribution is -2.27. The van der Waals surface area contributed by atoms with Crippen LogP contribution in [0.5, 0.6) is 11.5 Å². The van der Waals surface area contributed by atoms with Gasteiger partial charge in [-0.1, -0.05) is 32.6 Å². The van der Waals surface area contributed by atoms with Crippen molar-refractivity contribution in [3.05, 3.63) is 73.2 Å². The number of pyridine rings is 1. The number of likely N-dealkylation sites (N-methyl/N-ethyl adjacent to an activating group) is 1. The summed E-state index contributed by atoms with van der Waals surface area (Å²) < 4.78 is 13.7. The number of carbonyl (C=O) groups is 1. The van der Waals surface area contributed by atoms with Crippen LogP contribution in [-0.2, 0) is 16.1 Å². The van der Waals surface area contributed by atoms with Crippen LogP contribution in [0.3, 0.4) is 0 Å². The molecule has 0 bridgehead atoms. The topological polar surface area (TPSA) is 93.5 Å². The molecule has 2 N–H and O–H groups in total. The summed E-state index contributed by atoms with van der Waals surface area (Å²) >= 11 is 0. The van der Waals surface area contributed by atoms with Crippen molar-refractivity contribution in [1.29, 1.82) is 0 Å².